The first kappa shape index (κ1) is 21.5. The summed E-state index contributed by atoms with van der Waals surface area (Å²) in [6.45, 7) is 0.0503. The third kappa shape index (κ3) is 5.48. The van der Waals surface area contributed by atoms with Gasteiger partial charge in [-0.05, 0) is 78.2 Å². The molecular weight excluding hydrogens is 426 g/mol. The van der Waals surface area contributed by atoms with Crippen LogP contribution in [0.2, 0.25) is 0 Å². The Morgan fingerprint density at radius 1 is 0.875 bits per heavy atom. The largest absolute Gasteiger partial charge is 0.468 e. The first-order valence-corrected chi connectivity index (χ1v) is 11.4. The topological polar surface area (TPSA) is 101 Å². The maximum Gasteiger partial charge on any atom is 0.255 e. The second kappa shape index (κ2) is 9.59. The molecule has 0 saturated carbocycles. The predicted octanol–water partition coefficient (Wildman–Crippen LogP) is 4.00. The molecule has 162 valence electrons. The van der Waals surface area contributed by atoms with Crippen molar-refractivity contribution in [2.45, 2.75) is 17.9 Å². The molecule has 4 rings (SSSR count). The predicted molar refractivity (Wildman–Crippen MR) is 121 cm³/mol. The van der Waals surface area contributed by atoms with Crippen molar-refractivity contribution < 1.29 is 17.6 Å². The number of furan rings is 1. The maximum atomic E-state index is 12.5. The van der Waals surface area contributed by atoms with Gasteiger partial charge in [0.25, 0.3) is 5.91 Å². The summed E-state index contributed by atoms with van der Waals surface area (Å²) >= 11 is 0. The zero-order valence-electron chi connectivity index (χ0n) is 17.1. The van der Waals surface area contributed by atoms with Gasteiger partial charge in [-0.1, -0.05) is 12.1 Å². The Labute approximate surface area is 186 Å². The van der Waals surface area contributed by atoms with E-state index in [1.165, 1.54) is 30.5 Å². The van der Waals surface area contributed by atoms with Gasteiger partial charge in [-0.15, -0.1) is 0 Å². The molecule has 7 nitrogen and oxygen atoms in total. The summed E-state index contributed by atoms with van der Waals surface area (Å²) in [6.07, 6.45) is 5.78. The van der Waals surface area contributed by atoms with Gasteiger partial charge in [-0.2, -0.15) is 0 Å². The van der Waals surface area contributed by atoms with Gasteiger partial charge in [0.15, 0.2) is 0 Å². The molecule has 2 aromatic carbocycles. The second-order valence-corrected chi connectivity index (χ2v) is 8.88. The molecule has 0 saturated heterocycles. The lowest BCUT2D eigenvalue weighted by Crippen LogP contribution is -2.23. The third-order valence-electron chi connectivity index (χ3n) is 4.81. The average Bonchev–Trinajstić information content (AvgIpc) is 3.34. The Balaban J connectivity index is 1.36. The molecule has 2 heterocycles. The first-order chi connectivity index (χ1) is 15.5. The number of hydrogen-bond donors (Lipinski definition) is 2. The number of carbonyl (C=O) groups excluding carboxylic acids is 1. The number of nitrogens with zero attached hydrogens (tertiary/aromatic N) is 1. The Bertz CT molecular complexity index is 1270. The maximum absolute atomic E-state index is 12.5. The molecule has 1 amide bonds. The van der Waals surface area contributed by atoms with Crippen molar-refractivity contribution in [2.24, 2.45) is 0 Å². The number of sulfonamides is 1. The Morgan fingerprint density at radius 2 is 1.56 bits per heavy atom. The standard InChI is InChI=1S/C24H21N3O4S/c28-24(27-21-7-3-18(4-8-21)16-19-11-13-25-14-12-19)20-5-9-23(10-6-20)32(29,30)26-17-22-2-1-15-31-22/h1-15,26H,16-17H2,(H,27,28). The monoisotopic (exact) mass is 447 g/mol. The van der Waals surface area contributed by atoms with Crippen molar-refractivity contribution >= 4 is 21.6 Å². The van der Waals surface area contributed by atoms with Gasteiger partial charge in [-0.25, -0.2) is 13.1 Å². The summed E-state index contributed by atoms with van der Waals surface area (Å²) in [5.74, 6) is 0.191. The number of benzene rings is 2. The van der Waals surface area contributed by atoms with Gasteiger partial charge in [0.05, 0.1) is 17.7 Å². The van der Waals surface area contributed by atoms with Crippen molar-refractivity contribution in [3.8, 4) is 0 Å². The molecule has 2 aromatic heterocycles. The van der Waals surface area contributed by atoms with Gasteiger partial charge in [-0.3, -0.25) is 9.78 Å². The van der Waals surface area contributed by atoms with Crippen LogP contribution in [-0.4, -0.2) is 19.3 Å². The van der Waals surface area contributed by atoms with Crippen LogP contribution in [0, 0.1) is 0 Å². The molecule has 0 fully saturated rings. The van der Waals surface area contributed by atoms with E-state index in [1.54, 1.807) is 24.5 Å². The molecule has 0 unspecified atom stereocenters. The van der Waals surface area contributed by atoms with Crippen LogP contribution in [0.4, 0.5) is 5.69 Å². The van der Waals surface area contributed by atoms with Crippen LogP contribution < -0.4 is 10.0 Å². The van der Waals surface area contributed by atoms with Gasteiger partial charge in [0, 0.05) is 23.6 Å². The molecule has 0 atom stereocenters. The smallest absolute Gasteiger partial charge is 0.255 e. The lowest BCUT2D eigenvalue weighted by atomic mass is 10.1. The fourth-order valence-electron chi connectivity index (χ4n) is 3.09. The quantitative estimate of drug-likeness (QED) is 0.425. The third-order valence-corrected chi connectivity index (χ3v) is 6.23. The van der Waals surface area contributed by atoms with Crippen molar-refractivity contribution in [2.75, 3.05) is 5.32 Å². The minimum atomic E-state index is -3.71. The normalized spacial score (nSPS) is 11.2. The van der Waals surface area contributed by atoms with Crippen LogP contribution >= 0.6 is 0 Å². The van der Waals surface area contributed by atoms with Crippen LogP contribution in [0.15, 0.2) is 101 Å². The van der Waals surface area contributed by atoms with Gasteiger partial charge in [0.1, 0.15) is 5.76 Å². The molecule has 8 heteroatoms. The molecule has 0 aliphatic heterocycles. The molecule has 0 radical (unpaired) electrons. The number of nitrogens with one attached hydrogen (secondary N) is 2. The highest BCUT2D eigenvalue weighted by Crippen LogP contribution is 2.16. The minimum Gasteiger partial charge on any atom is -0.468 e. The number of carbonyl (C=O) groups is 1. The molecular formula is C24H21N3O4S. The lowest BCUT2D eigenvalue weighted by Gasteiger charge is -2.09. The second-order valence-electron chi connectivity index (χ2n) is 7.11. The van der Waals surface area contributed by atoms with E-state index in [1.807, 2.05) is 36.4 Å². The first-order valence-electron chi connectivity index (χ1n) is 9.91. The highest BCUT2D eigenvalue weighted by molar-refractivity contribution is 7.89. The molecule has 2 N–H and O–H groups in total. The zero-order valence-corrected chi connectivity index (χ0v) is 17.9. The molecule has 0 spiro atoms. The van der Waals surface area contributed by atoms with Crippen LogP contribution in [0.3, 0.4) is 0 Å². The van der Waals surface area contributed by atoms with Gasteiger partial charge >= 0.3 is 0 Å². The Kier molecular flexibility index (Phi) is 6.44. The number of rotatable bonds is 8. The van der Waals surface area contributed by atoms with E-state index in [-0.39, 0.29) is 17.3 Å². The highest BCUT2D eigenvalue weighted by Gasteiger charge is 2.15. The van der Waals surface area contributed by atoms with Crippen LogP contribution in [0.25, 0.3) is 0 Å². The number of anilines is 1. The van der Waals surface area contributed by atoms with Gasteiger partial charge < -0.3 is 9.73 Å². The van der Waals surface area contributed by atoms with E-state index in [2.05, 4.69) is 15.0 Å². The van der Waals surface area contributed by atoms with E-state index in [0.717, 1.165) is 17.5 Å². The summed E-state index contributed by atoms with van der Waals surface area (Å²) in [5, 5.41) is 2.82. The fraction of sp³-hybridized carbons (Fsp3) is 0.0833. The van der Waals surface area contributed by atoms with Crippen molar-refractivity contribution in [3.63, 3.8) is 0 Å². The summed E-state index contributed by atoms with van der Waals surface area (Å²) in [6, 6.07) is 20.6. The van der Waals surface area contributed by atoms with Crippen molar-refractivity contribution in [1.82, 2.24) is 9.71 Å². The Hall–Kier alpha value is -3.75. The molecule has 0 bridgehead atoms. The summed E-state index contributed by atoms with van der Waals surface area (Å²) in [4.78, 5) is 16.6. The average molecular weight is 448 g/mol. The van der Waals surface area contributed by atoms with Crippen LogP contribution in [0.5, 0.6) is 0 Å². The molecule has 0 aliphatic carbocycles. The summed E-state index contributed by atoms with van der Waals surface area (Å²) < 4.78 is 32.4. The summed E-state index contributed by atoms with van der Waals surface area (Å²) in [5.41, 5.74) is 3.29. The minimum absolute atomic E-state index is 0.0503. The van der Waals surface area contributed by atoms with Gasteiger partial charge in [0.2, 0.25) is 10.0 Å². The van der Waals surface area contributed by atoms with Crippen LogP contribution in [-0.2, 0) is 23.0 Å². The molecule has 0 aliphatic rings. The fourth-order valence-corrected chi connectivity index (χ4v) is 4.09. The number of amides is 1. The van der Waals surface area contributed by atoms with Crippen LogP contribution in [0.1, 0.15) is 27.2 Å². The number of aromatic nitrogens is 1. The lowest BCUT2D eigenvalue weighted by molar-refractivity contribution is 0.102. The summed E-state index contributed by atoms with van der Waals surface area (Å²) in [7, 11) is -3.71. The van der Waals surface area contributed by atoms with Crippen molar-refractivity contribution in [1.29, 1.82) is 0 Å². The zero-order chi connectivity index (χ0) is 22.4. The Morgan fingerprint density at radius 3 is 2.22 bits per heavy atom. The molecule has 4 aromatic rings. The van der Waals surface area contributed by atoms with E-state index in [0.29, 0.717) is 17.0 Å². The van der Waals surface area contributed by atoms with E-state index >= 15 is 0 Å². The number of pyridine rings is 1. The molecule has 32 heavy (non-hydrogen) atoms. The SMILES string of the molecule is O=C(Nc1ccc(Cc2ccncc2)cc1)c1ccc(S(=O)(=O)NCc2ccco2)cc1. The van der Waals surface area contributed by atoms with E-state index < -0.39 is 10.0 Å². The number of hydrogen-bond acceptors (Lipinski definition) is 5. The van der Waals surface area contributed by atoms with E-state index in [4.69, 9.17) is 4.42 Å². The van der Waals surface area contributed by atoms with E-state index in [9.17, 15) is 13.2 Å². The van der Waals surface area contributed by atoms with Crippen molar-refractivity contribution in [3.05, 3.63) is 114 Å². The highest BCUT2D eigenvalue weighted by atomic mass is 32.2.